The molecule has 2 aromatic carbocycles. The van der Waals surface area contributed by atoms with Crippen molar-refractivity contribution in [3.63, 3.8) is 0 Å². The first-order chi connectivity index (χ1) is 14.3. The first-order valence-corrected chi connectivity index (χ1v) is 11.2. The van der Waals surface area contributed by atoms with E-state index in [4.69, 9.17) is 9.56 Å². The molecule has 4 rings (SSSR count). The Labute approximate surface area is 177 Å². The minimum atomic E-state index is -3.75. The smallest absolute Gasteiger partial charge is 0.289 e. The largest absolute Gasteiger partial charge is 0.457 e. The van der Waals surface area contributed by atoms with Crippen LogP contribution in [0, 0.1) is 6.92 Å². The summed E-state index contributed by atoms with van der Waals surface area (Å²) in [7, 11) is -3.75. The topological polar surface area (TPSA) is 115 Å². The van der Waals surface area contributed by atoms with Crippen LogP contribution in [0.5, 0.6) is 0 Å². The van der Waals surface area contributed by atoms with Crippen molar-refractivity contribution in [2.45, 2.75) is 11.8 Å². The molecule has 1 fully saturated rings. The Morgan fingerprint density at radius 3 is 2.57 bits per heavy atom. The van der Waals surface area contributed by atoms with E-state index in [1.54, 1.807) is 30.3 Å². The number of amides is 1. The van der Waals surface area contributed by atoms with Crippen LogP contribution < -0.4 is 10.5 Å². The van der Waals surface area contributed by atoms with Gasteiger partial charge in [-0.15, -0.1) is 0 Å². The zero-order valence-corrected chi connectivity index (χ0v) is 17.5. The van der Waals surface area contributed by atoms with Crippen molar-refractivity contribution in [1.29, 1.82) is 0 Å². The maximum atomic E-state index is 11.9. The number of nitrogens with zero attached hydrogens (tertiary/aromatic N) is 1. The lowest BCUT2D eigenvalue weighted by molar-refractivity contribution is 0.265. The molecule has 0 atom stereocenters. The number of nitrogens with one attached hydrogen (secondary N) is 1. The van der Waals surface area contributed by atoms with Crippen molar-refractivity contribution >= 4 is 44.6 Å². The molecule has 0 radical (unpaired) electrons. The van der Waals surface area contributed by atoms with E-state index in [1.165, 1.54) is 12.1 Å². The number of sulfonamides is 1. The zero-order valence-electron chi connectivity index (χ0n) is 15.8. The molecule has 2 heterocycles. The molecule has 1 aromatic heterocycles. The van der Waals surface area contributed by atoms with Gasteiger partial charge in [-0.1, -0.05) is 12.1 Å². The quantitative estimate of drug-likeness (QED) is 0.624. The minimum absolute atomic E-state index is 0.0316. The summed E-state index contributed by atoms with van der Waals surface area (Å²) < 4.78 is 28.6. The normalized spacial score (nSPS) is 16.9. The van der Waals surface area contributed by atoms with Crippen LogP contribution in [0.3, 0.4) is 0 Å². The molecule has 0 bridgehead atoms. The molecule has 0 spiro atoms. The summed E-state index contributed by atoms with van der Waals surface area (Å²) in [6.07, 6.45) is 1.74. The van der Waals surface area contributed by atoms with Gasteiger partial charge in [-0.25, -0.2) is 18.5 Å². The third-order valence-electron chi connectivity index (χ3n) is 4.27. The van der Waals surface area contributed by atoms with Gasteiger partial charge in [0.2, 0.25) is 10.0 Å². The van der Waals surface area contributed by atoms with Crippen molar-refractivity contribution in [1.82, 2.24) is 5.32 Å². The lowest BCUT2D eigenvalue weighted by Crippen LogP contribution is -2.18. The van der Waals surface area contributed by atoms with Gasteiger partial charge in [0, 0.05) is 5.56 Å². The van der Waals surface area contributed by atoms with Crippen LogP contribution in [0.4, 0.5) is 10.5 Å². The molecule has 3 aromatic rings. The Hall–Kier alpha value is -3.14. The molecule has 0 saturated carbocycles. The van der Waals surface area contributed by atoms with Gasteiger partial charge in [-0.2, -0.15) is 0 Å². The third kappa shape index (κ3) is 4.54. The van der Waals surface area contributed by atoms with Gasteiger partial charge in [-0.05, 0) is 78.9 Å². The zero-order chi connectivity index (χ0) is 21.3. The fraction of sp³-hybridized carbons (Fsp3) is 0.0476. The summed E-state index contributed by atoms with van der Waals surface area (Å²) in [6.45, 7) is 1.97. The molecule has 7 nitrogen and oxygen atoms in total. The van der Waals surface area contributed by atoms with Gasteiger partial charge < -0.3 is 9.73 Å². The van der Waals surface area contributed by atoms with Crippen molar-refractivity contribution < 1.29 is 17.6 Å². The predicted molar refractivity (Wildman–Crippen MR) is 118 cm³/mol. The average Bonchev–Trinajstić information content (AvgIpc) is 3.28. The number of aliphatic imine (C=N–C) groups is 1. The fourth-order valence-electron chi connectivity index (χ4n) is 2.86. The molecule has 30 heavy (non-hydrogen) atoms. The van der Waals surface area contributed by atoms with Gasteiger partial charge in [0.25, 0.3) is 5.24 Å². The maximum absolute atomic E-state index is 11.9. The summed E-state index contributed by atoms with van der Waals surface area (Å²) in [5, 5.41) is 7.66. The Bertz CT molecular complexity index is 1290. The predicted octanol–water partition coefficient (Wildman–Crippen LogP) is 4.43. The molecule has 0 aliphatic carbocycles. The van der Waals surface area contributed by atoms with E-state index < -0.39 is 10.0 Å². The summed E-state index contributed by atoms with van der Waals surface area (Å²) in [5.41, 5.74) is 2.52. The molecular formula is C21H17N3O4S2. The van der Waals surface area contributed by atoms with E-state index in [0.29, 0.717) is 27.8 Å². The van der Waals surface area contributed by atoms with Gasteiger partial charge in [0.1, 0.15) is 17.4 Å². The second-order valence-electron chi connectivity index (χ2n) is 6.59. The van der Waals surface area contributed by atoms with Crippen molar-refractivity contribution in [3.8, 4) is 11.3 Å². The van der Waals surface area contributed by atoms with Crippen LogP contribution in [0.25, 0.3) is 17.4 Å². The number of nitrogens with two attached hydrogens (primary N) is 1. The third-order valence-corrected chi connectivity index (χ3v) is 6.01. The highest BCUT2D eigenvalue weighted by molar-refractivity contribution is 8.18. The first kappa shape index (κ1) is 20.1. The van der Waals surface area contributed by atoms with Crippen LogP contribution in [0.2, 0.25) is 0 Å². The molecular weight excluding hydrogens is 422 g/mol. The second-order valence-corrected chi connectivity index (χ2v) is 9.17. The Morgan fingerprint density at radius 1 is 1.10 bits per heavy atom. The Balaban J connectivity index is 1.61. The van der Waals surface area contributed by atoms with Crippen LogP contribution in [-0.4, -0.2) is 19.5 Å². The maximum Gasteiger partial charge on any atom is 0.289 e. The molecule has 1 saturated heterocycles. The van der Waals surface area contributed by atoms with E-state index in [2.05, 4.69) is 10.3 Å². The van der Waals surface area contributed by atoms with Crippen molar-refractivity contribution in [2.24, 2.45) is 10.1 Å². The van der Waals surface area contributed by atoms with Crippen LogP contribution in [-0.2, 0) is 10.0 Å². The second kappa shape index (κ2) is 7.94. The summed E-state index contributed by atoms with van der Waals surface area (Å²) in [6, 6.07) is 17.3. The van der Waals surface area contributed by atoms with E-state index >= 15 is 0 Å². The van der Waals surface area contributed by atoms with E-state index in [-0.39, 0.29) is 10.1 Å². The minimum Gasteiger partial charge on any atom is -0.457 e. The van der Waals surface area contributed by atoms with Crippen molar-refractivity contribution in [2.75, 3.05) is 0 Å². The van der Waals surface area contributed by atoms with Gasteiger partial charge in [0.05, 0.1) is 15.5 Å². The average molecular weight is 440 g/mol. The number of furan rings is 1. The van der Waals surface area contributed by atoms with Gasteiger partial charge in [-0.3, -0.25) is 4.79 Å². The number of primary sulfonamides is 1. The van der Waals surface area contributed by atoms with Crippen LogP contribution in [0.1, 0.15) is 11.3 Å². The van der Waals surface area contributed by atoms with E-state index in [0.717, 1.165) is 23.0 Å². The van der Waals surface area contributed by atoms with Crippen molar-refractivity contribution in [3.05, 3.63) is 76.9 Å². The van der Waals surface area contributed by atoms with E-state index in [9.17, 15) is 13.2 Å². The summed E-state index contributed by atoms with van der Waals surface area (Å²) in [4.78, 5) is 17.1. The van der Waals surface area contributed by atoms with Gasteiger partial charge in [0.15, 0.2) is 0 Å². The number of carbonyl (C=O) groups excluding carboxylic acids is 1. The number of hydrogen-bond donors (Lipinski definition) is 2. The molecule has 1 amide bonds. The van der Waals surface area contributed by atoms with Gasteiger partial charge >= 0.3 is 0 Å². The Kier molecular flexibility index (Phi) is 5.33. The lowest BCUT2D eigenvalue weighted by Gasteiger charge is -2.01. The monoisotopic (exact) mass is 439 g/mol. The van der Waals surface area contributed by atoms with Crippen LogP contribution in [0.15, 0.2) is 79.9 Å². The number of thioether (sulfide) groups is 1. The molecule has 3 N–H and O–H groups in total. The number of carbonyl (C=O) groups is 1. The highest BCUT2D eigenvalue weighted by atomic mass is 32.2. The number of rotatable bonds is 4. The number of hydrogen-bond acceptors (Lipinski definition) is 6. The molecule has 152 valence electrons. The van der Waals surface area contributed by atoms with Crippen LogP contribution >= 0.6 is 11.8 Å². The standard InChI is InChI=1S/C21H17N3O4S2/c1-13-3-2-4-15(11-13)23-20-19(29-21(25)24-20)12-16-7-10-18(28-16)14-5-8-17(9-6-14)30(22,26)27/h2-12H,1H3,(H2,22,26,27)(H,23,24,25)/b19-12-. The first-order valence-electron chi connectivity index (χ1n) is 8.87. The lowest BCUT2D eigenvalue weighted by atomic mass is 10.2. The molecule has 1 aliphatic rings. The molecule has 1 aliphatic heterocycles. The highest BCUT2D eigenvalue weighted by Gasteiger charge is 2.24. The fourth-order valence-corrected chi connectivity index (χ4v) is 4.09. The SMILES string of the molecule is Cc1cccc(N=C2NC(=O)S/C2=C\c2ccc(-c3ccc(S(N)(=O)=O)cc3)o2)c1. The number of aryl methyl sites for hydroxylation is 1. The molecule has 9 heteroatoms. The summed E-state index contributed by atoms with van der Waals surface area (Å²) in [5.74, 6) is 1.56. The Morgan fingerprint density at radius 2 is 1.87 bits per heavy atom. The number of benzene rings is 2. The molecule has 0 unspecified atom stereocenters. The number of amidine groups is 1. The summed E-state index contributed by atoms with van der Waals surface area (Å²) >= 11 is 1.04. The van der Waals surface area contributed by atoms with E-state index in [1.807, 2.05) is 31.2 Å². The highest BCUT2D eigenvalue weighted by Crippen LogP contribution is 2.31.